The lowest BCUT2D eigenvalue weighted by Gasteiger charge is -2.10. The van der Waals surface area contributed by atoms with Crippen LogP contribution in [0.4, 0.5) is 11.4 Å². The highest BCUT2D eigenvalue weighted by Gasteiger charge is 2.15. The molecular weight excluding hydrogens is 801 g/mol. The molecule has 2 amide bonds. The number of hydrogen-bond acceptors (Lipinski definition) is 10. The Kier molecular flexibility index (Phi) is 15.6. The number of carbonyl (C=O) groups excluding carboxylic acids is 4. The minimum absolute atomic E-state index is 0.148. The Morgan fingerprint density at radius 1 is 0.429 bits per heavy atom. The highest BCUT2D eigenvalue weighted by Crippen LogP contribution is 2.26. The van der Waals surface area contributed by atoms with E-state index < -0.39 is 11.9 Å². The number of nitrogens with one attached hydrogen (secondary N) is 2. The van der Waals surface area contributed by atoms with Crippen LogP contribution in [0, 0.1) is 0 Å². The van der Waals surface area contributed by atoms with Crippen molar-refractivity contribution in [3.05, 3.63) is 204 Å². The second kappa shape index (κ2) is 22.3. The average Bonchev–Trinajstić information content (AvgIpc) is 3.31. The Bertz CT molecular complexity index is 2600. The maximum atomic E-state index is 12.5. The van der Waals surface area contributed by atoms with Gasteiger partial charge in [0.1, 0.15) is 41.1 Å². The second-order valence-corrected chi connectivity index (χ2v) is 13.8. The summed E-state index contributed by atoms with van der Waals surface area (Å²) in [4.78, 5) is 48.5. The zero-order chi connectivity index (χ0) is 44.4. The fourth-order valence-corrected chi connectivity index (χ4v) is 6.00. The minimum Gasteiger partial charge on any atom is -0.508 e. The molecule has 0 aliphatic carbocycles. The number of para-hydroxylation sites is 2. The van der Waals surface area contributed by atoms with E-state index in [0.717, 1.165) is 22.4 Å². The predicted molar refractivity (Wildman–Crippen MR) is 239 cm³/mol. The first-order valence-electron chi connectivity index (χ1n) is 19.7. The fraction of sp³-hybridized carbons (Fsp3) is 0.0980. The molecule has 7 aromatic carbocycles. The third-order valence-corrected chi connectivity index (χ3v) is 9.17. The van der Waals surface area contributed by atoms with Gasteiger partial charge in [0.2, 0.25) is 11.8 Å². The average molecular weight is 845 g/mol. The largest absolute Gasteiger partial charge is 0.508 e. The summed E-state index contributed by atoms with van der Waals surface area (Å²) >= 11 is 0. The van der Waals surface area contributed by atoms with E-state index in [1.54, 1.807) is 97.1 Å². The van der Waals surface area contributed by atoms with Crippen molar-refractivity contribution < 1.29 is 48.0 Å². The number of rotatable bonds is 15. The lowest BCUT2D eigenvalue weighted by Crippen LogP contribution is -2.17. The predicted octanol–water partition coefficient (Wildman–Crippen LogP) is 10.2. The Morgan fingerprint density at radius 2 is 0.794 bits per heavy atom. The van der Waals surface area contributed by atoms with Crippen molar-refractivity contribution in [2.45, 2.75) is 19.4 Å². The molecule has 0 atom stereocenters. The normalized spacial score (nSPS) is 10.3. The summed E-state index contributed by atoms with van der Waals surface area (Å²) in [7, 11) is 2.60. The van der Waals surface area contributed by atoms with Crippen LogP contribution in [0.2, 0.25) is 0 Å². The van der Waals surface area contributed by atoms with Crippen LogP contribution in [0.5, 0.6) is 34.5 Å². The maximum absolute atomic E-state index is 12.5. The Morgan fingerprint density at radius 3 is 1.22 bits per heavy atom. The number of aromatic hydroxyl groups is 1. The number of amides is 2. The number of anilines is 2. The Labute approximate surface area is 364 Å². The highest BCUT2D eigenvalue weighted by molar-refractivity contribution is 6.02. The van der Waals surface area contributed by atoms with Crippen LogP contribution < -0.4 is 24.8 Å². The molecule has 0 heterocycles. The molecule has 12 nitrogen and oxygen atoms in total. The van der Waals surface area contributed by atoms with Crippen molar-refractivity contribution in [3.63, 3.8) is 0 Å². The first-order valence-corrected chi connectivity index (χ1v) is 19.7. The number of ether oxygens (including phenoxy) is 5. The van der Waals surface area contributed by atoms with E-state index in [1.165, 1.54) is 14.2 Å². The summed E-state index contributed by atoms with van der Waals surface area (Å²) in [6.45, 7) is 0.504. The number of hydrogen-bond donors (Lipinski definition) is 3. The van der Waals surface area contributed by atoms with Gasteiger partial charge in [0.15, 0.2) is 0 Å². The zero-order valence-electron chi connectivity index (χ0n) is 34.5. The van der Waals surface area contributed by atoms with Crippen molar-refractivity contribution in [1.29, 1.82) is 0 Å². The van der Waals surface area contributed by atoms with Crippen LogP contribution in [0.15, 0.2) is 176 Å². The smallest absolute Gasteiger partial charge is 0.339 e. The molecule has 318 valence electrons. The molecule has 0 saturated carbocycles. The van der Waals surface area contributed by atoms with E-state index in [2.05, 4.69) is 10.6 Å². The summed E-state index contributed by atoms with van der Waals surface area (Å²) in [6.07, 6.45) is 0.304. The maximum Gasteiger partial charge on any atom is 0.339 e. The summed E-state index contributed by atoms with van der Waals surface area (Å²) in [5.41, 5.74) is 4.15. The first-order chi connectivity index (χ1) is 30.6. The molecule has 7 rings (SSSR count). The van der Waals surface area contributed by atoms with Crippen molar-refractivity contribution in [1.82, 2.24) is 0 Å². The van der Waals surface area contributed by atoms with E-state index in [4.69, 9.17) is 23.7 Å². The molecule has 0 spiro atoms. The molecule has 0 aliphatic heterocycles. The zero-order valence-corrected chi connectivity index (χ0v) is 34.5. The van der Waals surface area contributed by atoms with Gasteiger partial charge in [-0.1, -0.05) is 78.9 Å². The van der Waals surface area contributed by atoms with Crippen molar-refractivity contribution in [2.24, 2.45) is 0 Å². The van der Waals surface area contributed by atoms with Gasteiger partial charge in [-0.05, 0) is 114 Å². The third-order valence-electron chi connectivity index (χ3n) is 9.17. The number of benzene rings is 7. The number of phenols is 1. The monoisotopic (exact) mass is 844 g/mol. The molecular formula is C51H44N2O10. The van der Waals surface area contributed by atoms with E-state index in [1.807, 2.05) is 78.9 Å². The summed E-state index contributed by atoms with van der Waals surface area (Å²) in [5.74, 6) is 1.99. The van der Waals surface area contributed by atoms with Gasteiger partial charge in [0.05, 0.1) is 49.6 Å². The molecule has 0 aromatic heterocycles. The quantitative estimate of drug-likeness (QED) is 0.0848. The Hall–Kier alpha value is -8.38. The van der Waals surface area contributed by atoms with E-state index in [0.29, 0.717) is 52.1 Å². The van der Waals surface area contributed by atoms with E-state index >= 15 is 0 Å². The number of esters is 2. The third kappa shape index (κ3) is 13.6. The Balaban J connectivity index is 0.000000215. The molecule has 0 bridgehead atoms. The topological polar surface area (TPSA) is 159 Å². The first kappa shape index (κ1) is 44.2. The van der Waals surface area contributed by atoms with Crippen molar-refractivity contribution in [3.8, 4) is 34.5 Å². The molecule has 0 radical (unpaired) electrons. The molecule has 0 fully saturated rings. The molecule has 3 N–H and O–H groups in total. The summed E-state index contributed by atoms with van der Waals surface area (Å²) in [6, 6.07) is 51.6. The van der Waals surface area contributed by atoms with Crippen LogP contribution in [0.1, 0.15) is 37.4 Å². The van der Waals surface area contributed by atoms with Crippen molar-refractivity contribution in [2.75, 3.05) is 24.9 Å². The van der Waals surface area contributed by atoms with Gasteiger partial charge in [-0.2, -0.15) is 0 Å². The molecule has 0 saturated heterocycles. The fourth-order valence-electron chi connectivity index (χ4n) is 6.00. The van der Waals surface area contributed by atoms with Gasteiger partial charge < -0.3 is 39.4 Å². The van der Waals surface area contributed by atoms with Gasteiger partial charge in [-0.15, -0.1) is 0 Å². The van der Waals surface area contributed by atoms with Gasteiger partial charge in [0, 0.05) is 0 Å². The number of methoxy groups -OCH3 is 2. The van der Waals surface area contributed by atoms with Gasteiger partial charge >= 0.3 is 11.9 Å². The van der Waals surface area contributed by atoms with Gasteiger partial charge in [-0.25, -0.2) is 9.59 Å². The van der Waals surface area contributed by atoms with E-state index in [9.17, 15) is 24.3 Å². The van der Waals surface area contributed by atoms with Crippen molar-refractivity contribution >= 4 is 35.1 Å². The lowest BCUT2D eigenvalue weighted by atomic mass is 10.1. The molecule has 7 aromatic rings. The standard InChI is InChI=1S/C29H25NO5.C22H19NO5/c1-33-29(32)26-9-5-6-10-27(26)30-28(31)19-21-11-13-24(14-12-21)35-25-17-15-23(16-18-25)34-20-22-7-3-2-4-8-22;1-27-22(26)19-4-2-3-5-20(19)23-21(25)14-15-6-10-17(11-7-15)28-18-12-8-16(24)9-13-18/h2-18H,19-20H2,1H3,(H,30,31);2-13,24H,14H2,1H3,(H,23,25). The molecule has 0 unspecified atom stereocenters. The SMILES string of the molecule is COC(=O)c1ccccc1NC(=O)Cc1ccc(Oc2ccc(O)cc2)cc1.COC(=O)c1ccccc1NC(=O)Cc1ccc(Oc2ccc(OCc3ccccc3)cc2)cc1. The van der Waals surface area contributed by atoms with Crippen LogP contribution in [0.3, 0.4) is 0 Å². The molecule has 63 heavy (non-hydrogen) atoms. The van der Waals surface area contributed by atoms with Gasteiger partial charge in [-0.3, -0.25) is 9.59 Å². The summed E-state index contributed by atoms with van der Waals surface area (Å²) in [5, 5.41) is 14.8. The molecule has 0 aliphatic rings. The minimum atomic E-state index is -0.508. The lowest BCUT2D eigenvalue weighted by molar-refractivity contribution is -0.116. The van der Waals surface area contributed by atoms with Gasteiger partial charge in [0.25, 0.3) is 0 Å². The summed E-state index contributed by atoms with van der Waals surface area (Å²) < 4.78 is 26.9. The second-order valence-electron chi connectivity index (χ2n) is 13.8. The van der Waals surface area contributed by atoms with Crippen LogP contribution in [-0.4, -0.2) is 43.1 Å². The van der Waals surface area contributed by atoms with E-state index in [-0.39, 0.29) is 30.4 Å². The van der Waals surface area contributed by atoms with Crippen LogP contribution in [0.25, 0.3) is 0 Å². The highest BCUT2D eigenvalue weighted by atomic mass is 16.5. The van der Waals surface area contributed by atoms with Crippen LogP contribution in [-0.2, 0) is 38.5 Å². The molecule has 12 heteroatoms. The number of phenolic OH excluding ortho intramolecular Hbond substituents is 1. The number of carbonyl (C=O) groups is 4. The van der Waals surface area contributed by atoms with Crippen LogP contribution >= 0.6 is 0 Å².